The minimum Gasteiger partial charge on any atom is -0.483 e. The van der Waals surface area contributed by atoms with Gasteiger partial charge in [-0.05, 0) is 95.2 Å². The molecule has 0 saturated carbocycles. The van der Waals surface area contributed by atoms with Crippen molar-refractivity contribution in [3.05, 3.63) is 92.2 Å². The van der Waals surface area contributed by atoms with Gasteiger partial charge in [0.1, 0.15) is 17.0 Å². The Morgan fingerprint density at radius 1 is 1.10 bits per heavy atom. The molecule has 0 saturated heterocycles. The summed E-state index contributed by atoms with van der Waals surface area (Å²) in [6.07, 6.45) is 4.14. The van der Waals surface area contributed by atoms with E-state index >= 15 is 0 Å². The van der Waals surface area contributed by atoms with Crippen molar-refractivity contribution in [2.75, 3.05) is 11.1 Å². The summed E-state index contributed by atoms with van der Waals surface area (Å²) in [5, 5.41) is 10.1. The molecular formula is C28H24BrF2N3O4S. The van der Waals surface area contributed by atoms with Gasteiger partial charge in [0.05, 0.1) is 15.7 Å². The molecule has 1 aliphatic carbocycles. The van der Waals surface area contributed by atoms with E-state index in [1.165, 1.54) is 57.8 Å². The van der Waals surface area contributed by atoms with Crippen molar-refractivity contribution >= 4 is 56.7 Å². The topological polar surface area (TPSA) is 101 Å². The summed E-state index contributed by atoms with van der Waals surface area (Å²) >= 11 is 4.44. The van der Waals surface area contributed by atoms with Crippen LogP contribution in [0.4, 0.5) is 14.5 Å². The third-order valence-electron chi connectivity index (χ3n) is 6.14. The molecule has 202 valence electrons. The second-order valence-electron chi connectivity index (χ2n) is 8.71. The van der Waals surface area contributed by atoms with Crippen molar-refractivity contribution in [1.29, 1.82) is 0 Å². The summed E-state index contributed by atoms with van der Waals surface area (Å²) in [5.41, 5.74) is 3.49. The Morgan fingerprint density at radius 2 is 1.87 bits per heavy atom. The zero-order valence-electron chi connectivity index (χ0n) is 20.6. The quantitative estimate of drug-likeness (QED) is 0.112. The van der Waals surface area contributed by atoms with E-state index in [1.807, 2.05) is 12.1 Å². The maximum Gasteiger partial charge on any atom is 0.290 e. The summed E-state index contributed by atoms with van der Waals surface area (Å²) in [5.74, 6) is -0.718. The summed E-state index contributed by atoms with van der Waals surface area (Å²) in [7, 11) is 0. The fraction of sp³-hybridized carbons (Fsp3) is 0.214. The van der Waals surface area contributed by atoms with Crippen LogP contribution in [0.3, 0.4) is 0 Å². The molecule has 2 N–H and O–H groups in total. The summed E-state index contributed by atoms with van der Waals surface area (Å²) in [4.78, 5) is 38.6. The van der Waals surface area contributed by atoms with E-state index in [1.54, 1.807) is 6.07 Å². The lowest BCUT2D eigenvalue weighted by atomic mass is 10.1. The monoisotopic (exact) mass is 615 g/mol. The number of halogens is 3. The molecule has 1 aromatic heterocycles. The Morgan fingerprint density at radius 3 is 2.64 bits per heavy atom. The summed E-state index contributed by atoms with van der Waals surface area (Å²) in [6, 6.07) is 14.5. The van der Waals surface area contributed by atoms with Crippen molar-refractivity contribution in [1.82, 2.24) is 9.55 Å². The first kappa shape index (κ1) is 28.4. The third-order valence-corrected chi connectivity index (χ3v) is 7.77. The number of rotatable bonds is 7. The Bertz CT molecular complexity index is 1600. The second kappa shape index (κ2) is 13.0. The molecule has 3 aromatic carbocycles. The molecule has 7 nitrogen and oxygen atoms in total. The molecule has 0 aliphatic heterocycles. The van der Waals surface area contributed by atoms with Gasteiger partial charge in [-0.3, -0.25) is 19.0 Å². The van der Waals surface area contributed by atoms with E-state index < -0.39 is 17.2 Å². The van der Waals surface area contributed by atoms with Crippen molar-refractivity contribution in [2.45, 2.75) is 37.3 Å². The Kier molecular flexibility index (Phi) is 9.47. The normalized spacial score (nSPS) is 12.0. The number of carbonyl (C=O) groups is 2. The molecule has 39 heavy (non-hydrogen) atoms. The fourth-order valence-electron chi connectivity index (χ4n) is 4.39. The molecule has 0 unspecified atom stereocenters. The molecule has 11 heteroatoms. The van der Waals surface area contributed by atoms with E-state index in [0.29, 0.717) is 29.4 Å². The number of nitrogens with zero attached hydrogens (tertiary/aromatic N) is 2. The smallest absolute Gasteiger partial charge is 0.290 e. The number of hydrogen-bond acceptors (Lipinski definition) is 5. The van der Waals surface area contributed by atoms with Crippen molar-refractivity contribution in [2.24, 2.45) is 0 Å². The zero-order chi connectivity index (χ0) is 27.9. The predicted octanol–water partition coefficient (Wildman–Crippen LogP) is 6.13. The highest BCUT2D eigenvalue weighted by atomic mass is 79.9. The second-order valence-corrected chi connectivity index (χ2v) is 10.6. The van der Waals surface area contributed by atoms with Gasteiger partial charge in [-0.15, -0.1) is 0 Å². The van der Waals surface area contributed by atoms with Crippen molar-refractivity contribution < 1.29 is 23.5 Å². The average Bonchev–Trinajstić information content (AvgIpc) is 3.37. The molecule has 4 aromatic rings. The van der Waals surface area contributed by atoms with Crippen LogP contribution in [0.1, 0.15) is 30.4 Å². The standard InChI is InChI=1S/C27H22BrF2N3O2S.CH2O2/c28-20-15-19(11-12-21(20)29)33-26(35)25-22(30)6-2-7-23(25)32-27(33)36-13-3-8-24(34)31-18-10-9-16-4-1-5-17(16)14-18;2-1-3/h2,6-7,9-12,14-15H,1,3-5,8,13H2,(H,31,34);1H,(H,2,3). The van der Waals surface area contributed by atoms with E-state index in [9.17, 15) is 18.4 Å². The van der Waals surface area contributed by atoms with Crippen LogP contribution in [0.15, 0.2) is 69.0 Å². The number of aryl methyl sites for hydroxylation is 2. The van der Waals surface area contributed by atoms with Gasteiger partial charge in [0.25, 0.3) is 12.0 Å². The van der Waals surface area contributed by atoms with Crippen molar-refractivity contribution in [3.8, 4) is 5.69 Å². The molecule has 0 radical (unpaired) electrons. The lowest BCUT2D eigenvalue weighted by molar-refractivity contribution is -0.123. The van der Waals surface area contributed by atoms with Gasteiger partial charge in [0.15, 0.2) is 5.16 Å². The molecule has 1 amide bonds. The van der Waals surface area contributed by atoms with Crippen molar-refractivity contribution in [3.63, 3.8) is 0 Å². The van der Waals surface area contributed by atoms with Crippen LogP contribution in [0.5, 0.6) is 0 Å². The molecule has 5 rings (SSSR count). The maximum atomic E-state index is 14.5. The number of hydrogen-bond donors (Lipinski definition) is 2. The zero-order valence-corrected chi connectivity index (χ0v) is 23.0. The van der Waals surface area contributed by atoms with Crippen LogP contribution in [-0.2, 0) is 22.4 Å². The Hall–Kier alpha value is -3.57. The van der Waals surface area contributed by atoms with E-state index in [0.717, 1.165) is 24.9 Å². The Labute approximate surface area is 235 Å². The van der Waals surface area contributed by atoms with Crippen LogP contribution in [0, 0.1) is 11.6 Å². The van der Waals surface area contributed by atoms with Crippen LogP contribution in [-0.4, -0.2) is 32.8 Å². The first-order valence-corrected chi connectivity index (χ1v) is 13.9. The lowest BCUT2D eigenvalue weighted by Gasteiger charge is -2.14. The van der Waals surface area contributed by atoms with Gasteiger partial charge in [0.2, 0.25) is 5.91 Å². The highest BCUT2D eigenvalue weighted by Gasteiger charge is 2.17. The predicted molar refractivity (Wildman–Crippen MR) is 151 cm³/mol. The highest BCUT2D eigenvalue weighted by molar-refractivity contribution is 9.10. The van der Waals surface area contributed by atoms with Gasteiger partial charge in [-0.2, -0.15) is 0 Å². The number of benzene rings is 3. The van der Waals surface area contributed by atoms with Gasteiger partial charge in [-0.1, -0.05) is 23.9 Å². The molecule has 0 bridgehead atoms. The van der Waals surface area contributed by atoms with E-state index in [4.69, 9.17) is 9.90 Å². The number of carboxylic acid groups (broad SMARTS) is 1. The average molecular weight is 616 g/mol. The number of thioether (sulfide) groups is 1. The van der Waals surface area contributed by atoms with E-state index in [-0.39, 0.29) is 27.8 Å². The van der Waals surface area contributed by atoms with Gasteiger partial charge in [-0.25, -0.2) is 13.8 Å². The molecule has 1 aliphatic rings. The van der Waals surface area contributed by atoms with Crippen LogP contribution in [0.25, 0.3) is 16.6 Å². The van der Waals surface area contributed by atoms with Gasteiger partial charge < -0.3 is 10.4 Å². The number of carbonyl (C=O) groups excluding carboxylic acids is 1. The van der Waals surface area contributed by atoms with Crippen LogP contribution >= 0.6 is 27.7 Å². The lowest BCUT2D eigenvalue weighted by Crippen LogP contribution is -2.23. The number of nitrogens with one attached hydrogen (secondary N) is 1. The molecule has 0 atom stereocenters. The molecular weight excluding hydrogens is 592 g/mol. The first-order valence-electron chi connectivity index (χ1n) is 12.1. The third kappa shape index (κ3) is 6.72. The molecule has 1 heterocycles. The summed E-state index contributed by atoms with van der Waals surface area (Å²) in [6.45, 7) is -0.250. The Balaban J connectivity index is 0.00000112. The SMILES string of the molecule is O=C(CCCSc1nc2cccc(F)c2c(=O)n1-c1ccc(F)c(Br)c1)Nc1ccc2c(c1)CCC2.O=CO. The molecule has 0 fully saturated rings. The van der Waals surface area contributed by atoms with E-state index in [2.05, 4.69) is 32.3 Å². The number of fused-ring (bicyclic) bond motifs is 2. The fourth-order valence-corrected chi connectivity index (χ4v) is 5.71. The summed E-state index contributed by atoms with van der Waals surface area (Å²) < 4.78 is 29.8. The van der Waals surface area contributed by atoms with Gasteiger partial charge in [0, 0.05) is 17.9 Å². The van der Waals surface area contributed by atoms with Crippen LogP contribution < -0.4 is 10.9 Å². The number of aromatic nitrogens is 2. The first-order chi connectivity index (χ1) is 18.8. The maximum absolute atomic E-state index is 14.5. The minimum absolute atomic E-state index is 0.0815. The highest BCUT2D eigenvalue weighted by Crippen LogP contribution is 2.27. The molecule has 0 spiro atoms. The number of anilines is 1. The largest absolute Gasteiger partial charge is 0.483 e. The van der Waals surface area contributed by atoms with Crippen LogP contribution in [0.2, 0.25) is 0 Å². The van der Waals surface area contributed by atoms with Gasteiger partial charge >= 0.3 is 0 Å². The number of amides is 1. The minimum atomic E-state index is -0.667.